The molecule has 2 heteroatoms. The molecule has 22 heavy (non-hydrogen) atoms. The lowest BCUT2D eigenvalue weighted by atomic mass is 9.96. The van der Waals surface area contributed by atoms with Gasteiger partial charge in [-0.25, -0.2) is 0 Å². The van der Waals surface area contributed by atoms with Crippen LogP contribution < -0.4 is 0 Å². The minimum Gasteiger partial charge on any atom is -0.316 e. The van der Waals surface area contributed by atoms with Crippen molar-refractivity contribution >= 4 is 17.2 Å². The Balaban J connectivity index is 2.14. The van der Waals surface area contributed by atoms with Crippen LogP contribution in [0.3, 0.4) is 0 Å². The van der Waals surface area contributed by atoms with E-state index >= 15 is 0 Å². The van der Waals surface area contributed by atoms with E-state index in [-0.39, 0.29) is 0 Å². The summed E-state index contributed by atoms with van der Waals surface area (Å²) in [4.78, 5) is 0. The summed E-state index contributed by atoms with van der Waals surface area (Å²) in [5, 5.41) is 0. The van der Waals surface area contributed by atoms with Crippen LogP contribution in [0.25, 0.3) is 5.57 Å². The van der Waals surface area contributed by atoms with Crippen LogP contribution in [-0.2, 0) is 0 Å². The molecule has 1 nitrogen and oxygen atoms in total. The number of nitrogens with zero attached hydrogens (tertiary/aromatic N) is 1. The SMILES string of the molecule is C[N+](C)(CCl)CCCC=C(c1ccccc1)c1ccccc1. The summed E-state index contributed by atoms with van der Waals surface area (Å²) >= 11 is 5.98. The molecule has 0 aliphatic carbocycles. The quantitative estimate of drug-likeness (QED) is 0.286. The van der Waals surface area contributed by atoms with Crippen molar-refractivity contribution in [2.24, 2.45) is 0 Å². The summed E-state index contributed by atoms with van der Waals surface area (Å²) in [7, 11) is 4.35. The van der Waals surface area contributed by atoms with Gasteiger partial charge in [0.1, 0.15) is 0 Å². The fraction of sp³-hybridized carbons (Fsp3) is 0.300. The van der Waals surface area contributed by atoms with Crippen LogP contribution in [0.1, 0.15) is 24.0 Å². The number of quaternary nitrogens is 1. The number of rotatable bonds is 7. The Hall–Kier alpha value is -1.57. The zero-order chi connectivity index (χ0) is 15.8. The average Bonchev–Trinajstić information content (AvgIpc) is 2.56. The molecule has 0 unspecified atom stereocenters. The maximum absolute atomic E-state index is 5.98. The minimum atomic E-state index is 0.661. The molecule has 0 heterocycles. The maximum Gasteiger partial charge on any atom is 0.154 e. The van der Waals surface area contributed by atoms with Crippen molar-refractivity contribution < 1.29 is 4.48 Å². The molecule has 0 saturated heterocycles. The number of benzene rings is 2. The lowest BCUT2D eigenvalue weighted by Gasteiger charge is -2.26. The number of unbranched alkanes of at least 4 members (excludes halogenated alkanes) is 1. The molecular weight excluding hydrogens is 290 g/mol. The Labute approximate surface area is 139 Å². The first-order valence-electron chi connectivity index (χ1n) is 7.81. The minimum absolute atomic E-state index is 0.661. The smallest absolute Gasteiger partial charge is 0.154 e. The van der Waals surface area contributed by atoms with Gasteiger partial charge < -0.3 is 4.48 Å². The Morgan fingerprint density at radius 2 is 1.41 bits per heavy atom. The normalized spacial score (nSPS) is 11.2. The van der Waals surface area contributed by atoms with Gasteiger partial charge in [0, 0.05) is 6.42 Å². The second-order valence-corrected chi connectivity index (χ2v) is 6.51. The van der Waals surface area contributed by atoms with Crippen LogP contribution in [-0.4, -0.2) is 31.1 Å². The van der Waals surface area contributed by atoms with E-state index in [2.05, 4.69) is 80.8 Å². The standard InChI is InChI=1S/C20H25ClN/c1-22(2,17-21)16-10-9-15-20(18-11-5-3-6-12-18)19-13-7-4-8-14-19/h3-8,11-15H,9-10,16-17H2,1-2H3/q+1. The molecule has 0 fully saturated rings. The molecule has 0 aromatic heterocycles. The van der Waals surface area contributed by atoms with Crippen LogP contribution in [0.4, 0.5) is 0 Å². The number of halogens is 1. The second-order valence-electron chi connectivity index (χ2n) is 6.27. The van der Waals surface area contributed by atoms with E-state index in [1.165, 1.54) is 16.7 Å². The summed E-state index contributed by atoms with van der Waals surface area (Å²) in [6.45, 7) is 1.09. The van der Waals surface area contributed by atoms with Gasteiger partial charge in [0.2, 0.25) is 0 Å². The Morgan fingerprint density at radius 1 is 0.909 bits per heavy atom. The van der Waals surface area contributed by atoms with Crippen molar-refractivity contribution in [2.45, 2.75) is 12.8 Å². The van der Waals surface area contributed by atoms with Crippen LogP contribution in [0.15, 0.2) is 66.7 Å². The molecule has 2 rings (SSSR count). The van der Waals surface area contributed by atoms with Gasteiger partial charge in [-0.3, -0.25) is 0 Å². The van der Waals surface area contributed by atoms with Crippen LogP contribution in [0.5, 0.6) is 0 Å². The summed E-state index contributed by atoms with van der Waals surface area (Å²) in [6.07, 6.45) is 4.57. The molecule has 0 N–H and O–H groups in total. The fourth-order valence-electron chi connectivity index (χ4n) is 2.46. The van der Waals surface area contributed by atoms with Crippen molar-refractivity contribution in [3.8, 4) is 0 Å². The number of hydrogen-bond acceptors (Lipinski definition) is 0. The summed E-state index contributed by atoms with van der Waals surface area (Å²) in [5.74, 6) is 0. The molecule has 0 atom stereocenters. The van der Waals surface area contributed by atoms with Crippen LogP contribution >= 0.6 is 11.6 Å². The van der Waals surface area contributed by atoms with Crippen molar-refractivity contribution in [3.63, 3.8) is 0 Å². The third-order valence-corrected chi connectivity index (χ3v) is 4.46. The van der Waals surface area contributed by atoms with Crippen molar-refractivity contribution in [3.05, 3.63) is 77.9 Å². The predicted molar refractivity (Wildman–Crippen MR) is 96.9 cm³/mol. The van der Waals surface area contributed by atoms with E-state index in [1.807, 2.05) is 0 Å². The van der Waals surface area contributed by atoms with Crippen LogP contribution in [0, 0.1) is 0 Å². The Morgan fingerprint density at radius 3 is 1.86 bits per heavy atom. The fourth-order valence-corrected chi connectivity index (χ4v) is 2.58. The summed E-state index contributed by atoms with van der Waals surface area (Å²) in [6, 6.07) is 21.9. The topological polar surface area (TPSA) is 0 Å². The third-order valence-electron chi connectivity index (χ3n) is 3.81. The summed E-state index contributed by atoms with van der Waals surface area (Å²) < 4.78 is 0.863. The molecule has 0 bridgehead atoms. The van der Waals surface area contributed by atoms with E-state index < -0.39 is 0 Å². The van der Waals surface area contributed by atoms with Gasteiger partial charge in [0.25, 0.3) is 0 Å². The molecule has 116 valence electrons. The van der Waals surface area contributed by atoms with Gasteiger partial charge >= 0.3 is 0 Å². The molecule has 0 amide bonds. The molecule has 2 aromatic carbocycles. The Kier molecular flexibility index (Phi) is 6.23. The zero-order valence-corrected chi connectivity index (χ0v) is 14.3. The summed E-state index contributed by atoms with van der Waals surface area (Å²) in [5.41, 5.74) is 3.87. The highest BCUT2D eigenvalue weighted by atomic mass is 35.5. The highest BCUT2D eigenvalue weighted by Crippen LogP contribution is 2.24. The lowest BCUT2D eigenvalue weighted by Crippen LogP contribution is -2.38. The van der Waals surface area contributed by atoms with Crippen molar-refractivity contribution in [1.29, 1.82) is 0 Å². The van der Waals surface area contributed by atoms with Gasteiger partial charge in [-0.15, -0.1) is 0 Å². The molecule has 0 radical (unpaired) electrons. The molecule has 0 aliphatic heterocycles. The molecule has 0 aliphatic rings. The molecule has 2 aromatic rings. The van der Waals surface area contributed by atoms with E-state index in [4.69, 9.17) is 11.6 Å². The number of allylic oxidation sites excluding steroid dienone is 1. The first-order valence-corrected chi connectivity index (χ1v) is 8.35. The van der Waals surface area contributed by atoms with Crippen molar-refractivity contribution in [2.75, 3.05) is 26.6 Å². The van der Waals surface area contributed by atoms with E-state index in [0.29, 0.717) is 6.00 Å². The number of hydrogen-bond donors (Lipinski definition) is 0. The van der Waals surface area contributed by atoms with E-state index in [9.17, 15) is 0 Å². The largest absolute Gasteiger partial charge is 0.316 e. The van der Waals surface area contributed by atoms with Crippen LogP contribution in [0.2, 0.25) is 0 Å². The average molecular weight is 315 g/mol. The van der Waals surface area contributed by atoms with Gasteiger partial charge in [-0.2, -0.15) is 0 Å². The maximum atomic E-state index is 5.98. The predicted octanol–water partition coefficient (Wildman–Crippen LogP) is 5.17. The zero-order valence-electron chi connectivity index (χ0n) is 13.5. The van der Waals surface area contributed by atoms with Gasteiger partial charge in [0.15, 0.2) is 6.00 Å². The van der Waals surface area contributed by atoms with Gasteiger partial charge in [0.05, 0.1) is 20.6 Å². The van der Waals surface area contributed by atoms with Crippen molar-refractivity contribution in [1.82, 2.24) is 0 Å². The number of alkyl halides is 1. The molecular formula is C20H25ClN+. The third kappa shape index (κ3) is 5.01. The van der Waals surface area contributed by atoms with Gasteiger partial charge in [-0.05, 0) is 23.1 Å². The highest BCUT2D eigenvalue weighted by Gasteiger charge is 2.11. The monoisotopic (exact) mass is 314 g/mol. The highest BCUT2D eigenvalue weighted by molar-refractivity contribution is 6.16. The molecule has 0 saturated carbocycles. The van der Waals surface area contributed by atoms with E-state index in [0.717, 1.165) is 23.9 Å². The second kappa shape index (κ2) is 8.17. The first-order chi connectivity index (χ1) is 10.6. The van der Waals surface area contributed by atoms with E-state index in [1.54, 1.807) is 0 Å². The van der Waals surface area contributed by atoms with Gasteiger partial charge in [-0.1, -0.05) is 78.3 Å². The first kappa shape index (κ1) is 16.8. The lowest BCUT2D eigenvalue weighted by molar-refractivity contribution is -0.879. The Bertz CT molecular complexity index is 546. The molecule has 0 spiro atoms.